The normalized spacial score (nSPS) is 21.2. The van der Waals surface area contributed by atoms with Gasteiger partial charge in [-0.2, -0.15) is 16.1 Å². The van der Waals surface area contributed by atoms with Crippen molar-refractivity contribution in [2.24, 2.45) is 0 Å². The molecule has 5 nitrogen and oxygen atoms in total. The second kappa shape index (κ2) is 6.51. The molecule has 0 spiro atoms. The summed E-state index contributed by atoms with van der Waals surface area (Å²) >= 11 is 1.84. The summed E-state index contributed by atoms with van der Waals surface area (Å²) in [7, 11) is -3.44. The quantitative estimate of drug-likeness (QED) is 0.894. The number of aryl methyl sites for hydroxylation is 1. The van der Waals surface area contributed by atoms with Crippen LogP contribution in [-0.2, 0) is 23.2 Å². The number of hydrogen-bond donors (Lipinski definition) is 1. The zero-order valence-electron chi connectivity index (χ0n) is 11.9. The van der Waals surface area contributed by atoms with E-state index in [0.717, 1.165) is 12.2 Å². The van der Waals surface area contributed by atoms with Gasteiger partial charge in [-0.25, -0.2) is 8.42 Å². The fourth-order valence-electron chi connectivity index (χ4n) is 2.40. The van der Waals surface area contributed by atoms with Gasteiger partial charge < -0.3 is 9.67 Å². The molecule has 1 aliphatic heterocycles. The molecule has 0 bridgehead atoms. The van der Waals surface area contributed by atoms with Crippen molar-refractivity contribution >= 4 is 21.8 Å². The first-order valence-electron chi connectivity index (χ1n) is 6.94. The van der Waals surface area contributed by atoms with Gasteiger partial charge in [-0.1, -0.05) is 6.92 Å². The molecule has 1 aromatic heterocycles. The largest absolute Gasteiger partial charge is 0.390 e. The van der Waals surface area contributed by atoms with Gasteiger partial charge in [0.15, 0.2) is 0 Å². The maximum absolute atomic E-state index is 12.7. The van der Waals surface area contributed by atoms with Gasteiger partial charge >= 0.3 is 0 Å². The van der Waals surface area contributed by atoms with E-state index in [0.29, 0.717) is 35.5 Å². The Labute approximate surface area is 125 Å². The van der Waals surface area contributed by atoms with Gasteiger partial charge in [0.25, 0.3) is 0 Å². The van der Waals surface area contributed by atoms with Crippen LogP contribution in [0, 0.1) is 0 Å². The lowest BCUT2D eigenvalue weighted by Crippen LogP contribution is -2.41. The summed E-state index contributed by atoms with van der Waals surface area (Å²) in [5.41, 5.74) is 0.643. The van der Waals surface area contributed by atoms with Crippen LogP contribution in [0.15, 0.2) is 17.2 Å². The minimum Gasteiger partial charge on any atom is -0.390 e. The van der Waals surface area contributed by atoms with Crippen molar-refractivity contribution in [2.45, 2.75) is 43.6 Å². The van der Waals surface area contributed by atoms with Gasteiger partial charge in [-0.05, 0) is 19.4 Å². The molecular weight excluding hydrogens is 296 g/mol. The van der Waals surface area contributed by atoms with Gasteiger partial charge in [0.05, 0.1) is 6.61 Å². The standard InChI is InChI=1S/C13H22N2O3S2/c1-3-12-8-15(5-6-19-12)20(17,18)13-7-11(10-16)14(4-2)9-13/h7,9,12,16H,3-6,8,10H2,1-2H3. The highest BCUT2D eigenvalue weighted by molar-refractivity contribution is 8.00. The number of rotatable bonds is 5. The smallest absolute Gasteiger partial charge is 0.244 e. The number of sulfonamides is 1. The number of nitrogens with zero attached hydrogens (tertiary/aromatic N) is 2. The van der Waals surface area contributed by atoms with Crippen LogP contribution in [-0.4, -0.2) is 46.5 Å². The molecule has 1 aromatic rings. The van der Waals surface area contributed by atoms with Crippen LogP contribution in [0.25, 0.3) is 0 Å². The van der Waals surface area contributed by atoms with Crippen LogP contribution < -0.4 is 0 Å². The van der Waals surface area contributed by atoms with Crippen molar-refractivity contribution in [1.82, 2.24) is 8.87 Å². The van der Waals surface area contributed by atoms with Gasteiger partial charge in [-0.3, -0.25) is 0 Å². The van der Waals surface area contributed by atoms with Crippen LogP contribution in [0.5, 0.6) is 0 Å². The highest BCUT2D eigenvalue weighted by Gasteiger charge is 2.31. The van der Waals surface area contributed by atoms with Crippen molar-refractivity contribution in [2.75, 3.05) is 18.8 Å². The third-order valence-corrected chi connectivity index (χ3v) is 6.86. The van der Waals surface area contributed by atoms with Crippen molar-refractivity contribution in [1.29, 1.82) is 0 Å². The van der Waals surface area contributed by atoms with Crippen molar-refractivity contribution in [3.63, 3.8) is 0 Å². The Morgan fingerprint density at radius 2 is 2.20 bits per heavy atom. The van der Waals surface area contributed by atoms with E-state index in [2.05, 4.69) is 6.92 Å². The fraction of sp³-hybridized carbons (Fsp3) is 0.692. The lowest BCUT2D eigenvalue weighted by molar-refractivity contribution is 0.271. The molecule has 20 heavy (non-hydrogen) atoms. The van der Waals surface area contributed by atoms with E-state index in [9.17, 15) is 13.5 Å². The van der Waals surface area contributed by atoms with E-state index >= 15 is 0 Å². The van der Waals surface area contributed by atoms with Gasteiger partial charge in [-0.15, -0.1) is 0 Å². The summed E-state index contributed by atoms with van der Waals surface area (Å²) in [6.45, 7) is 5.67. The molecule has 1 saturated heterocycles. The average molecular weight is 318 g/mol. The van der Waals surface area contributed by atoms with Gasteiger partial charge in [0, 0.05) is 42.5 Å². The Morgan fingerprint density at radius 3 is 2.75 bits per heavy atom. The van der Waals surface area contributed by atoms with Crippen LogP contribution in [0.2, 0.25) is 0 Å². The molecule has 0 radical (unpaired) electrons. The molecule has 114 valence electrons. The monoisotopic (exact) mass is 318 g/mol. The molecule has 2 heterocycles. The zero-order valence-corrected chi connectivity index (χ0v) is 13.6. The molecule has 0 amide bonds. The Morgan fingerprint density at radius 1 is 1.45 bits per heavy atom. The van der Waals surface area contributed by atoms with Gasteiger partial charge in [0.1, 0.15) is 4.90 Å². The maximum Gasteiger partial charge on any atom is 0.244 e. The van der Waals surface area contributed by atoms with Gasteiger partial charge in [0.2, 0.25) is 10.0 Å². The zero-order chi connectivity index (χ0) is 14.8. The van der Waals surface area contributed by atoms with E-state index in [-0.39, 0.29) is 6.61 Å². The first-order valence-corrected chi connectivity index (χ1v) is 9.43. The maximum atomic E-state index is 12.7. The highest BCUT2D eigenvalue weighted by atomic mass is 32.2. The predicted octanol–water partition coefficient (Wildman–Crippen LogP) is 1.52. The van der Waals surface area contributed by atoms with Crippen molar-refractivity contribution in [3.05, 3.63) is 18.0 Å². The average Bonchev–Trinajstić information content (AvgIpc) is 2.91. The van der Waals surface area contributed by atoms with E-state index < -0.39 is 10.0 Å². The van der Waals surface area contributed by atoms with E-state index in [1.54, 1.807) is 21.1 Å². The number of hydrogen-bond acceptors (Lipinski definition) is 4. The minimum atomic E-state index is -3.44. The first-order chi connectivity index (χ1) is 9.52. The summed E-state index contributed by atoms with van der Waals surface area (Å²) in [4.78, 5) is 0.296. The molecule has 1 fully saturated rings. The molecule has 1 unspecified atom stereocenters. The Balaban J connectivity index is 2.27. The second-order valence-electron chi connectivity index (χ2n) is 4.88. The Bertz CT molecular complexity index is 532. The third kappa shape index (κ3) is 3.05. The molecule has 7 heteroatoms. The molecule has 1 aliphatic rings. The first kappa shape index (κ1) is 15.9. The van der Waals surface area contributed by atoms with E-state index in [4.69, 9.17) is 0 Å². The molecule has 0 aromatic carbocycles. The van der Waals surface area contributed by atoms with E-state index in [1.165, 1.54) is 0 Å². The summed E-state index contributed by atoms with van der Waals surface area (Å²) < 4.78 is 28.7. The predicted molar refractivity (Wildman–Crippen MR) is 81.3 cm³/mol. The number of aromatic nitrogens is 1. The number of thioether (sulfide) groups is 1. The minimum absolute atomic E-state index is 0.142. The van der Waals surface area contributed by atoms with Crippen LogP contribution >= 0.6 is 11.8 Å². The molecule has 1 N–H and O–H groups in total. The number of aliphatic hydroxyl groups excluding tert-OH is 1. The van der Waals surface area contributed by atoms with Crippen LogP contribution in [0.3, 0.4) is 0 Å². The molecular formula is C13H22N2O3S2. The summed E-state index contributed by atoms with van der Waals surface area (Å²) in [5, 5.41) is 9.67. The lowest BCUT2D eigenvalue weighted by atomic mass is 10.3. The summed E-state index contributed by atoms with van der Waals surface area (Å²) in [6, 6.07) is 1.58. The Kier molecular flexibility index (Phi) is 5.17. The molecule has 0 aliphatic carbocycles. The lowest BCUT2D eigenvalue weighted by Gasteiger charge is -2.30. The second-order valence-corrected chi connectivity index (χ2v) is 8.22. The fourth-order valence-corrected chi connectivity index (χ4v) is 5.34. The topological polar surface area (TPSA) is 62.5 Å². The molecule has 2 rings (SSSR count). The van der Waals surface area contributed by atoms with Crippen molar-refractivity contribution < 1.29 is 13.5 Å². The van der Waals surface area contributed by atoms with Crippen LogP contribution in [0.1, 0.15) is 26.0 Å². The molecule has 0 saturated carbocycles. The van der Waals surface area contributed by atoms with E-state index in [1.807, 2.05) is 18.7 Å². The molecule has 1 atom stereocenters. The third-order valence-electron chi connectivity index (χ3n) is 3.66. The van der Waals surface area contributed by atoms with Crippen molar-refractivity contribution in [3.8, 4) is 0 Å². The summed E-state index contributed by atoms with van der Waals surface area (Å²) in [5.74, 6) is 0.846. The van der Waals surface area contributed by atoms with Crippen LogP contribution in [0.4, 0.5) is 0 Å². The summed E-state index contributed by atoms with van der Waals surface area (Å²) in [6.07, 6.45) is 2.61. The SMILES string of the molecule is CCC1CN(S(=O)(=O)c2cc(CO)n(CC)c2)CCS1. The number of aliphatic hydroxyl groups is 1. The highest BCUT2D eigenvalue weighted by Crippen LogP contribution is 2.27. The Hall–Kier alpha value is -0.500.